The van der Waals surface area contributed by atoms with Gasteiger partial charge in [-0.15, -0.1) is 12.4 Å². The second-order valence-corrected chi connectivity index (χ2v) is 3.39. The standard InChI is InChI=1S/C10H14ClN.ClH/c1-3-9(12)10-7(2)5-4-6-8(10)11;/h4-6,9H,3,12H2,1-2H3;1H. The molecule has 0 amide bonds. The van der Waals surface area contributed by atoms with Gasteiger partial charge in [-0.3, -0.25) is 0 Å². The van der Waals surface area contributed by atoms with E-state index in [4.69, 9.17) is 17.3 Å². The Balaban J connectivity index is 0.00000144. The van der Waals surface area contributed by atoms with Gasteiger partial charge in [-0.05, 0) is 30.5 Å². The molecule has 0 aliphatic rings. The van der Waals surface area contributed by atoms with Gasteiger partial charge in [0.1, 0.15) is 0 Å². The topological polar surface area (TPSA) is 26.0 Å². The smallest absolute Gasteiger partial charge is 0.0456 e. The highest BCUT2D eigenvalue weighted by molar-refractivity contribution is 6.31. The third kappa shape index (κ3) is 2.87. The maximum atomic E-state index is 6.02. The Morgan fingerprint density at radius 1 is 1.46 bits per heavy atom. The summed E-state index contributed by atoms with van der Waals surface area (Å²) < 4.78 is 0. The molecule has 74 valence electrons. The van der Waals surface area contributed by atoms with E-state index < -0.39 is 0 Å². The second kappa shape index (κ2) is 5.48. The molecule has 0 radical (unpaired) electrons. The molecule has 0 aliphatic heterocycles. The van der Waals surface area contributed by atoms with E-state index in [0.29, 0.717) is 0 Å². The normalized spacial score (nSPS) is 12.0. The van der Waals surface area contributed by atoms with Crippen LogP contribution in [0.3, 0.4) is 0 Å². The van der Waals surface area contributed by atoms with E-state index >= 15 is 0 Å². The van der Waals surface area contributed by atoms with Crippen LogP contribution in [0.4, 0.5) is 0 Å². The van der Waals surface area contributed by atoms with Crippen molar-refractivity contribution in [2.24, 2.45) is 5.73 Å². The molecule has 0 saturated carbocycles. The van der Waals surface area contributed by atoms with E-state index in [-0.39, 0.29) is 18.4 Å². The van der Waals surface area contributed by atoms with Gasteiger partial charge in [0, 0.05) is 11.1 Å². The Morgan fingerprint density at radius 2 is 2.08 bits per heavy atom. The molecule has 0 fully saturated rings. The van der Waals surface area contributed by atoms with Gasteiger partial charge >= 0.3 is 0 Å². The van der Waals surface area contributed by atoms with Gasteiger partial charge in [-0.2, -0.15) is 0 Å². The largest absolute Gasteiger partial charge is 0.324 e. The maximum absolute atomic E-state index is 6.02. The molecular weight excluding hydrogens is 205 g/mol. The molecule has 1 aromatic rings. The quantitative estimate of drug-likeness (QED) is 0.811. The number of rotatable bonds is 2. The molecule has 2 N–H and O–H groups in total. The first kappa shape index (κ1) is 12.8. The summed E-state index contributed by atoms with van der Waals surface area (Å²) in [5.74, 6) is 0. The third-order valence-corrected chi connectivity index (χ3v) is 2.41. The van der Waals surface area contributed by atoms with Crippen LogP contribution >= 0.6 is 24.0 Å². The van der Waals surface area contributed by atoms with Crippen molar-refractivity contribution >= 4 is 24.0 Å². The first-order valence-electron chi connectivity index (χ1n) is 4.17. The summed E-state index contributed by atoms with van der Waals surface area (Å²) in [6.45, 7) is 4.10. The summed E-state index contributed by atoms with van der Waals surface area (Å²) in [7, 11) is 0. The molecule has 1 rings (SSSR count). The van der Waals surface area contributed by atoms with Crippen molar-refractivity contribution < 1.29 is 0 Å². The van der Waals surface area contributed by atoms with Crippen LogP contribution in [0.1, 0.15) is 30.5 Å². The van der Waals surface area contributed by atoms with E-state index in [1.807, 2.05) is 25.1 Å². The van der Waals surface area contributed by atoms with Gasteiger partial charge in [0.05, 0.1) is 0 Å². The lowest BCUT2D eigenvalue weighted by atomic mass is 10.0. The molecule has 0 aromatic heterocycles. The molecule has 1 unspecified atom stereocenters. The molecule has 13 heavy (non-hydrogen) atoms. The van der Waals surface area contributed by atoms with E-state index in [1.165, 1.54) is 5.56 Å². The van der Waals surface area contributed by atoms with Crippen molar-refractivity contribution in [3.63, 3.8) is 0 Å². The molecule has 1 aromatic carbocycles. The van der Waals surface area contributed by atoms with Crippen molar-refractivity contribution in [3.8, 4) is 0 Å². The minimum atomic E-state index is 0. The van der Waals surface area contributed by atoms with E-state index in [2.05, 4.69) is 6.92 Å². The summed E-state index contributed by atoms with van der Waals surface area (Å²) in [6, 6.07) is 5.94. The third-order valence-electron chi connectivity index (χ3n) is 2.08. The number of hydrogen-bond acceptors (Lipinski definition) is 1. The molecule has 1 nitrogen and oxygen atoms in total. The average Bonchev–Trinajstić information content (AvgIpc) is 2.03. The van der Waals surface area contributed by atoms with Crippen LogP contribution in [0, 0.1) is 6.92 Å². The van der Waals surface area contributed by atoms with Crippen molar-refractivity contribution in [1.29, 1.82) is 0 Å². The average molecular weight is 220 g/mol. The van der Waals surface area contributed by atoms with E-state index in [9.17, 15) is 0 Å². The Labute approximate surface area is 90.7 Å². The molecule has 0 heterocycles. The highest BCUT2D eigenvalue weighted by Gasteiger charge is 2.09. The first-order valence-corrected chi connectivity index (χ1v) is 4.55. The second-order valence-electron chi connectivity index (χ2n) is 2.99. The summed E-state index contributed by atoms with van der Waals surface area (Å²) in [5.41, 5.74) is 8.17. The van der Waals surface area contributed by atoms with Crippen LogP contribution < -0.4 is 5.73 Å². The van der Waals surface area contributed by atoms with Crippen molar-refractivity contribution in [2.75, 3.05) is 0 Å². The van der Waals surface area contributed by atoms with Gasteiger partial charge in [-0.1, -0.05) is 30.7 Å². The minimum absolute atomic E-state index is 0. The van der Waals surface area contributed by atoms with Crippen LogP contribution in [-0.2, 0) is 0 Å². The fourth-order valence-electron chi connectivity index (χ4n) is 1.32. The lowest BCUT2D eigenvalue weighted by Crippen LogP contribution is -2.10. The van der Waals surface area contributed by atoms with Crippen LogP contribution in [0.15, 0.2) is 18.2 Å². The predicted octanol–water partition coefficient (Wildman–Crippen LogP) is 3.48. The highest BCUT2D eigenvalue weighted by atomic mass is 35.5. The monoisotopic (exact) mass is 219 g/mol. The Bertz CT molecular complexity index is 253. The number of nitrogens with two attached hydrogens (primary N) is 1. The molecule has 0 aliphatic carbocycles. The summed E-state index contributed by atoms with van der Waals surface area (Å²) in [4.78, 5) is 0. The Morgan fingerprint density at radius 3 is 2.54 bits per heavy atom. The van der Waals surface area contributed by atoms with Gasteiger partial charge in [0.15, 0.2) is 0 Å². The zero-order chi connectivity index (χ0) is 9.14. The van der Waals surface area contributed by atoms with Crippen LogP contribution in [-0.4, -0.2) is 0 Å². The van der Waals surface area contributed by atoms with Gasteiger partial charge < -0.3 is 5.73 Å². The van der Waals surface area contributed by atoms with Crippen molar-refractivity contribution in [1.82, 2.24) is 0 Å². The summed E-state index contributed by atoms with van der Waals surface area (Å²) in [6.07, 6.45) is 0.921. The number of halogens is 2. The van der Waals surface area contributed by atoms with E-state index in [0.717, 1.165) is 17.0 Å². The maximum Gasteiger partial charge on any atom is 0.0456 e. The molecule has 0 bridgehead atoms. The number of benzene rings is 1. The van der Waals surface area contributed by atoms with Gasteiger partial charge in [0.25, 0.3) is 0 Å². The lowest BCUT2D eigenvalue weighted by molar-refractivity contribution is 0.694. The fraction of sp³-hybridized carbons (Fsp3) is 0.400. The van der Waals surface area contributed by atoms with Crippen molar-refractivity contribution in [2.45, 2.75) is 26.3 Å². The Hall–Kier alpha value is -0.240. The number of aryl methyl sites for hydroxylation is 1. The zero-order valence-corrected chi connectivity index (χ0v) is 9.45. The molecule has 1 atom stereocenters. The predicted molar refractivity (Wildman–Crippen MR) is 60.7 cm³/mol. The summed E-state index contributed by atoms with van der Waals surface area (Å²) >= 11 is 6.02. The molecule has 3 heteroatoms. The van der Waals surface area contributed by atoms with Gasteiger partial charge in [0.2, 0.25) is 0 Å². The Kier molecular flexibility index (Phi) is 5.38. The fourth-order valence-corrected chi connectivity index (χ4v) is 1.68. The van der Waals surface area contributed by atoms with Crippen LogP contribution in [0.5, 0.6) is 0 Å². The van der Waals surface area contributed by atoms with Crippen LogP contribution in [0.25, 0.3) is 0 Å². The molecule has 0 saturated heterocycles. The highest BCUT2D eigenvalue weighted by Crippen LogP contribution is 2.26. The molecular formula is C10H15Cl2N. The van der Waals surface area contributed by atoms with Crippen molar-refractivity contribution in [3.05, 3.63) is 34.3 Å². The lowest BCUT2D eigenvalue weighted by Gasteiger charge is -2.13. The number of hydrogen-bond donors (Lipinski definition) is 1. The zero-order valence-electron chi connectivity index (χ0n) is 7.88. The van der Waals surface area contributed by atoms with E-state index in [1.54, 1.807) is 0 Å². The minimum Gasteiger partial charge on any atom is -0.324 e. The van der Waals surface area contributed by atoms with Crippen LogP contribution in [0.2, 0.25) is 5.02 Å². The summed E-state index contributed by atoms with van der Waals surface area (Å²) in [5, 5.41) is 0.782. The SMILES string of the molecule is CCC(N)c1c(C)cccc1Cl.Cl. The van der Waals surface area contributed by atoms with Gasteiger partial charge in [-0.25, -0.2) is 0 Å². The first-order chi connectivity index (χ1) is 5.66. The molecule has 0 spiro atoms.